The number of fused-ring (bicyclic) bond motifs is 4. The molecular formula is C21H18N4O. The normalized spacial score (nSPS) is 18.8. The van der Waals surface area contributed by atoms with Gasteiger partial charge in [-0.05, 0) is 49.6 Å². The van der Waals surface area contributed by atoms with Gasteiger partial charge in [0, 0.05) is 37.0 Å². The number of hydrogen-bond donors (Lipinski definition) is 0. The first-order chi connectivity index (χ1) is 12.8. The van der Waals surface area contributed by atoms with Crippen molar-refractivity contribution in [3.8, 4) is 11.8 Å². The lowest BCUT2D eigenvalue weighted by atomic mass is 9.98. The third-order valence-electron chi connectivity index (χ3n) is 5.28. The van der Waals surface area contributed by atoms with Crippen molar-refractivity contribution in [3.05, 3.63) is 75.6 Å². The maximum absolute atomic E-state index is 13.1. The lowest BCUT2D eigenvalue weighted by molar-refractivity contribution is 0.239. The quantitative estimate of drug-likeness (QED) is 0.588. The Balaban J connectivity index is 1.59. The van der Waals surface area contributed by atoms with Crippen molar-refractivity contribution < 1.29 is 0 Å². The Morgan fingerprint density at radius 1 is 1.15 bits per heavy atom. The van der Waals surface area contributed by atoms with E-state index in [2.05, 4.69) is 21.7 Å². The van der Waals surface area contributed by atoms with Crippen LogP contribution in [0.1, 0.15) is 41.4 Å². The monoisotopic (exact) mass is 342 g/mol. The molecule has 1 saturated heterocycles. The van der Waals surface area contributed by atoms with Crippen LogP contribution in [0.4, 0.5) is 0 Å². The average molecular weight is 342 g/mol. The third-order valence-corrected chi connectivity index (χ3v) is 5.28. The Bertz CT molecular complexity index is 1110. The minimum Gasteiger partial charge on any atom is -0.296 e. The molecular weight excluding hydrogens is 324 g/mol. The first kappa shape index (κ1) is 15.3. The molecule has 128 valence electrons. The van der Waals surface area contributed by atoms with Crippen LogP contribution in [0, 0.1) is 11.8 Å². The van der Waals surface area contributed by atoms with Gasteiger partial charge >= 0.3 is 0 Å². The average Bonchev–Trinajstić information content (AvgIpc) is 3.15. The highest BCUT2D eigenvalue weighted by atomic mass is 16.1. The molecule has 0 aliphatic carbocycles. The zero-order valence-electron chi connectivity index (χ0n) is 14.4. The Kier molecular flexibility index (Phi) is 3.58. The van der Waals surface area contributed by atoms with Crippen LogP contribution in [0.15, 0.2) is 47.5 Å². The predicted octanol–water partition coefficient (Wildman–Crippen LogP) is 2.18. The summed E-state index contributed by atoms with van der Waals surface area (Å²) in [5, 5.41) is 0. The van der Waals surface area contributed by atoms with Crippen LogP contribution in [0.5, 0.6) is 0 Å². The molecule has 1 atom stereocenters. The van der Waals surface area contributed by atoms with E-state index in [0.717, 1.165) is 54.9 Å². The largest absolute Gasteiger partial charge is 0.296 e. The molecule has 2 aliphatic heterocycles. The summed E-state index contributed by atoms with van der Waals surface area (Å²) in [5.74, 6) is 6.16. The highest BCUT2D eigenvalue weighted by molar-refractivity contribution is 5.50. The van der Waals surface area contributed by atoms with E-state index < -0.39 is 0 Å². The summed E-state index contributed by atoms with van der Waals surface area (Å²) in [7, 11) is 0. The van der Waals surface area contributed by atoms with E-state index in [0.29, 0.717) is 5.65 Å². The molecule has 0 radical (unpaired) electrons. The van der Waals surface area contributed by atoms with Gasteiger partial charge in [0.15, 0.2) is 0 Å². The van der Waals surface area contributed by atoms with E-state index in [1.165, 1.54) is 0 Å². The molecule has 1 fully saturated rings. The molecule has 0 spiro atoms. The van der Waals surface area contributed by atoms with Crippen LogP contribution in [0.25, 0.3) is 5.65 Å². The molecule has 0 saturated carbocycles. The molecule has 3 aromatic heterocycles. The molecule has 3 aromatic rings. The standard InChI is InChI=1S/C21H18N4O/c26-21-20-17(9-12-24-11-3-5-18(20)24)23-19-14-15(8-13-25(19)21)6-7-16-4-1-2-10-22-16/h1-2,4,8,10,13-14,18H,3,5,9,11-12H2. The summed E-state index contributed by atoms with van der Waals surface area (Å²) in [5.41, 5.74) is 4.18. The van der Waals surface area contributed by atoms with E-state index in [9.17, 15) is 4.79 Å². The Morgan fingerprint density at radius 3 is 3.00 bits per heavy atom. The summed E-state index contributed by atoms with van der Waals surface area (Å²) in [6.45, 7) is 2.09. The van der Waals surface area contributed by atoms with E-state index in [1.54, 1.807) is 16.8 Å². The Morgan fingerprint density at radius 2 is 2.12 bits per heavy atom. The highest BCUT2D eigenvalue weighted by Gasteiger charge is 2.34. The van der Waals surface area contributed by atoms with Gasteiger partial charge in [0.25, 0.3) is 5.56 Å². The summed E-state index contributed by atoms with van der Waals surface area (Å²) < 4.78 is 1.66. The van der Waals surface area contributed by atoms with E-state index in [4.69, 9.17) is 4.98 Å². The first-order valence-corrected chi connectivity index (χ1v) is 9.02. The van der Waals surface area contributed by atoms with Gasteiger partial charge in [-0.1, -0.05) is 12.0 Å². The molecule has 2 aliphatic rings. The van der Waals surface area contributed by atoms with Gasteiger partial charge in [-0.3, -0.25) is 14.1 Å². The maximum atomic E-state index is 13.1. The minimum atomic E-state index is 0.0748. The summed E-state index contributed by atoms with van der Waals surface area (Å²) >= 11 is 0. The van der Waals surface area contributed by atoms with Crippen LogP contribution >= 0.6 is 0 Å². The maximum Gasteiger partial charge on any atom is 0.262 e. The number of nitrogens with zero attached hydrogens (tertiary/aromatic N) is 4. The third kappa shape index (κ3) is 2.51. The van der Waals surface area contributed by atoms with Crippen molar-refractivity contribution in [3.63, 3.8) is 0 Å². The van der Waals surface area contributed by atoms with E-state index >= 15 is 0 Å². The van der Waals surface area contributed by atoms with Gasteiger partial charge in [-0.15, -0.1) is 0 Å². The van der Waals surface area contributed by atoms with E-state index in [1.807, 2.05) is 30.3 Å². The fraction of sp³-hybridized carbons (Fsp3) is 0.286. The minimum absolute atomic E-state index is 0.0748. The van der Waals surface area contributed by atoms with Crippen molar-refractivity contribution >= 4 is 5.65 Å². The van der Waals surface area contributed by atoms with Gasteiger partial charge in [-0.2, -0.15) is 0 Å². The van der Waals surface area contributed by atoms with Gasteiger partial charge in [-0.25, -0.2) is 9.97 Å². The van der Waals surface area contributed by atoms with Crippen LogP contribution in [-0.4, -0.2) is 32.4 Å². The van der Waals surface area contributed by atoms with Crippen molar-refractivity contribution in [1.29, 1.82) is 0 Å². The number of rotatable bonds is 0. The van der Waals surface area contributed by atoms with Crippen molar-refractivity contribution in [2.75, 3.05) is 13.1 Å². The lowest BCUT2D eigenvalue weighted by Crippen LogP contribution is -2.37. The lowest BCUT2D eigenvalue weighted by Gasteiger charge is -2.30. The molecule has 26 heavy (non-hydrogen) atoms. The molecule has 0 bridgehead atoms. The van der Waals surface area contributed by atoms with Gasteiger partial charge in [0.2, 0.25) is 0 Å². The first-order valence-electron chi connectivity index (χ1n) is 9.02. The van der Waals surface area contributed by atoms with Crippen LogP contribution in [0.2, 0.25) is 0 Å². The SMILES string of the molecule is O=c1c2c(nc3cc(C#Cc4ccccn4)ccn13)CCN1CCCC21. The predicted molar refractivity (Wildman–Crippen MR) is 98.9 cm³/mol. The van der Waals surface area contributed by atoms with Gasteiger partial charge in [0.1, 0.15) is 11.3 Å². The summed E-state index contributed by atoms with van der Waals surface area (Å²) in [4.78, 5) is 24.5. The molecule has 5 heteroatoms. The molecule has 0 N–H and O–H groups in total. The van der Waals surface area contributed by atoms with Crippen molar-refractivity contribution in [2.45, 2.75) is 25.3 Å². The molecule has 5 rings (SSSR count). The summed E-state index contributed by atoms with van der Waals surface area (Å²) in [6.07, 6.45) is 6.59. The smallest absolute Gasteiger partial charge is 0.262 e. The Hall–Kier alpha value is -2.97. The second-order valence-electron chi connectivity index (χ2n) is 6.83. The number of hydrogen-bond acceptors (Lipinski definition) is 4. The fourth-order valence-corrected chi connectivity index (χ4v) is 4.04. The van der Waals surface area contributed by atoms with Gasteiger partial charge in [0.05, 0.1) is 11.3 Å². The highest BCUT2D eigenvalue weighted by Crippen LogP contribution is 2.35. The zero-order chi connectivity index (χ0) is 17.5. The topological polar surface area (TPSA) is 50.5 Å². The van der Waals surface area contributed by atoms with Crippen LogP contribution < -0.4 is 5.56 Å². The molecule has 0 amide bonds. The molecule has 5 nitrogen and oxygen atoms in total. The molecule has 5 heterocycles. The number of aromatic nitrogens is 3. The Labute approximate surface area is 151 Å². The number of pyridine rings is 2. The van der Waals surface area contributed by atoms with Crippen LogP contribution in [-0.2, 0) is 6.42 Å². The van der Waals surface area contributed by atoms with E-state index in [-0.39, 0.29) is 11.6 Å². The summed E-state index contributed by atoms with van der Waals surface area (Å²) in [6, 6.07) is 9.66. The van der Waals surface area contributed by atoms with Gasteiger partial charge < -0.3 is 0 Å². The van der Waals surface area contributed by atoms with Crippen molar-refractivity contribution in [2.24, 2.45) is 0 Å². The second-order valence-corrected chi connectivity index (χ2v) is 6.83. The molecule has 1 unspecified atom stereocenters. The molecule has 0 aromatic carbocycles. The second kappa shape index (κ2) is 6.08. The van der Waals surface area contributed by atoms with Crippen molar-refractivity contribution in [1.82, 2.24) is 19.3 Å². The fourth-order valence-electron chi connectivity index (χ4n) is 4.04. The zero-order valence-corrected chi connectivity index (χ0v) is 14.4. The van der Waals surface area contributed by atoms with Crippen LogP contribution in [0.3, 0.4) is 0 Å².